The average molecular weight is 309 g/mol. The number of hydrogen-bond donors (Lipinski definition) is 0. The van der Waals surface area contributed by atoms with E-state index in [4.69, 9.17) is 9.47 Å². The number of cyclic esters (lactones) is 1. The molecule has 1 aliphatic rings. The summed E-state index contributed by atoms with van der Waals surface area (Å²) in [5.41, 5.74) is 0.747. The van der Waals surface area contributed by atoms with Crippen molar-refractivity contribution in [3.63, 3.8) is 0 Å². The number of carbonyl (C=O) groups is 2. The van der Waals surface area contributed by atoms with Crippen molar-refractivity contribution in [1.29, 1.82) is 0 Å². The summed E-state index contributed by atoms with van der Waals surface area (Å²) in [6.45, 7) is 0.524. The zero-order valence-corrected chi connectivity index (χ0v) is 12.3. The highest BCUT2D eigenvalue weighted by Gasteiger charge is 2.26. The van der Waals surface area contributed by atoms with Crippen LogP contribution in [0.1, 0.15) is 5.56 Å². The molecular weight excluding hydrogens is 294 g/mol. The minimum atomic E-state index is -0.603. The van der Waals surface area contributed by atoms with E-state index < -0.39 is 12.0 Å². The molecule has 0 aliphatic carbocycles. The van der Waals surface area contributed by atoms with Gasteiger partial charge in [0, 0.05) is 11.6 Å². The number of nitrogens with zero attached hydrogens (tertiary/aromatic N) is 1. The summed E-state index contributed by atoms with van der Waals surface area (Å²) in [4.78, 5) is 24.4. The molecule has 3 rings (SSSR count). The van der Waals surface area contributed by atoms with Crippen LogP contribution in [0.5, 0.6) is 11.5 Å². The van der Waals surface area contributed by atoms with Gasteiger partial charge in [-0.3, -0.25) is 4.79 Å². The van der Waals surface area contributed by atoms with Crippen LogP contribution < -0.4 is 4.74 Å². The van der Waals surface area contributed by atoms with Crippen molar-refractivity contribution in [1.82, 2.24) is 4.90 Å². The van der Waals surface area contributed by atoms with Crippen molar-refractivity contribution >= 4 is 18.1 Å². The number of ether oxygens (including phenoxy) is 2. The minimum Gasteiger partial charge on any atom is -0.457 e. The molecule has 1 saturated heterocycles. The van der Waals surface area contributed by atoms with Gasteiger partial charge in [-0.15, -0.1) is 0 Å². The molecule has 1 heterocycles. The van der Waals surface area contributed by atoms with E-state index in [9.17, 15) is 9.59 Å². The Kier molecular flexibility index (Phi) is 4.38. The predicted molar refractivity (Wildman–Crippen MR) is 85.1 cm³/mol. The maximum absolute atomic E-state index is 12.0. The molecule has 1 fully saturated rings. The Hall–Kier alpha value is -3.08. The van der Waals surface area contributed by atoms with E-state index in [0.717, 1.165) is 10.5 Å². The van der Waals surface area contributed by atoms with Crippen molar-refractivity contribution in [3.05, 3.63) is 66.2 Å². The van der Waals surface area contributed by atoms with Gasteiger partial charge >= 0.3 is 6.09 Å². The molecule has 0 N–H and O–H groups in total. The highest BCUT2D eigenvalue weighted by molar-refractivity contribution is 6.01. The molecule has 5 nitrogen and oxygen atoms in total. The third-order valence-electron chi connectivity index (χ3n) is 3.32. The van der Waals surface area contributed by atoms with Gasteiger partial charge in [0.1, 0.15) is 18.1 Å². The molecule has 0 bridgehead atoms. The summed E-state index contributed by atoms with van der Waals surface area (Å²) in [6.07, 6.45) is 2.37. The molecule has 116 valence electrons. The molecule has 0 aromatic heterocycles. The summed E-state index contributed by atoms with van der Waals surface area (Å²) in [6, 6.07) is 16.8. The number of imide groups is 1. The van der Waals surface area contributed by atoms with E-state index >= 15 is 0 Å². The van der Waals surface area contributed by atoms with Crippen LogP contribution in [0.15, 0.2) is 60.7 Å². The third-order valence-corrected chi connectivity index (χ3v) is 3.32. The zero-order valence-electron chi connectivity index (χ0n) is 12.3. The van der Waals surface area contributed by atoms with Gasteiger partial charge in [-0.25, -0.2) is 9.69 Å². The van der Waals surface area contributed by atoms with Crippen molar-refractivity contribution in [2.24, 2.45) is 0 Å². The number of amides is 2. The molecule has 0 unspecified atom stereocenters. The summed E-state index contributed by atoms with van der Waals surface area (Å²) in [7, 11) is 0. The first-order valence-electron chi connectivity index (χ1n) is 7.22. The maximum atomic E-state index is 12.0. The lowest BCUT2D eigenvalue weighted by atomic mass is 10.2. The Bertz CT molecular complexity index is 740. The highest BCUT2D eigenvalue weighted by Crippen LogP contribution is 2.26. The van der Waals surface area contributed by atoms with Gasteiger partial charge in [0.25, 0.3) is 5.91 Å². The van der Waals surface area contributed by atoms with Crippen molar-refractivity contribution in [2.75, 3.05) is 13.2 Å². The smallest absolute Gasteiger partial charge is 0.416 e. The average Bonchev–Trinajstić information content (AvgIpc) is 3.01. The Morgan fingerprint density at radius 1 is 1.09 bits per heavy atom. The van der Waals surface area contributed by atoms with Crippen LogP contribution in [0.2, 0.25) is 0 Å². The second-order valence-electron chi connectivity index (χ2n) is 4.89. The standard InChI is InChI=1S/C18H15NO4/c20-17(19-12-13-22-18(19)21)11-10-14-6-4-5-9-16(14)23-15-7-2-1-3-8-15/h1-11H,12-13H2/b11-10+. The summed E-state index contributed by atoms with van der Waals surface area (Å²) < 4.78 is 10.6. The Morgan fingerprint density at radius 2 is 1.83 bits per heavy atom. The van der Waals surface area contributed by atoms with Gasteiger partial charge in [0.05, 0.1) is 6.54 Å². The van der Waals surface area contributed by atoms with Crippen LogP contribution in [0.4, 0.5) is 4.79 Å². The molecular formula is C18H15NO4. The van der Waals surface area contributed by atoms with Crippen LogP contribution in [-0.4, -0.2) is 30.1 Å². The van der Waals surface area contributed by atoms with E-state index in [2.05, 4.69) is 0 Å². The first-order chi connectivity index (χ1) is 11.2. The van der Waals surface area contributed by atoms with Crippen LogP contribution >= 0.6 is 0 Å². The van der Waals surface area contributed by atoms with Crippen LogP contribution in [0.3, 0.4) is 0 Å². The number of para-hydroxylation sites is 2. The van der Waals surface area contributed by atoms with Gasteiger partial charge in [-0.05, 0) is 24.3 Å². The fourth-order valence-corrected chi connectivity index (χ4v) is 2.17. The zero-order chi connectivity index (χ0) is 16.1. The third kappa shape index (κ3) is 3.58. The first-order valence-corrected chi connectivity index (χ1v) is 7.22. The molecule has 0 saturated carbocycles. The highest BCUT2D eigenvalue weighted by atomic mass is 16.6. The lowest BCUT2D eigenvalue weighted by molar-refractivity contribution is -0.122. The predicted octanol–water partition coefficient (Wildman–Crippen LogP) is 3.47. The van der Waals surface area contributed by atoms with E-state index in [0.29, 0.717) is 11.5 Å². The fourth-order valence-electron chi connectivity index (χ4n) is 2.17. The molecule has 5 heteroatoms. The summed E-state index contributed by atoms with van der Waals surface area (Å²) in [5, 5.41) is 0. The van der Waals surface area contributed by atoms with Crippen LogP contribution in [0.25, 0.3) is 6.08 Å². The molecule has 0 spiro atoms. The van der Waals surface area contributed by atoms with Crippen molar-refractivity contribution in [3.8, 4) is 11.5 Å². The SMILES string of the molecule is O=C(/C=C/c1ccccc1Oc1ccccc1)N1CCOC1=O. The van der Waals surface area contributed by atoms with Gasteiger partial charge < -0.3 is 9.47 Å². The second kappa shape index (κ2) is 6.79. The molecule has 2 amide bonds. The molecule has 2 aromatic rings. The Balaban J connectivity index is 1.76. The van der Waals surface area contributed by atoms with Crippen LogP contribution in [0, 0.1) is 0 Å². The number of hydrogen-bond acceptors (Lipinski definition) is 4. The van der Waals surface area contributed by atoms with Gasteiger partial charge in [0.2, 0.25) is 0 Å². The molecule has 23 heavy (non-hydrogen) atoms. The van der Waals surface area contributed by atoms with E-state index in [1.54, 1.807) is 6.08 Å². The number of benzene rings is 2. The largest absolute Gasteiger partial charge is 0.457 e. The first kappa shape index (κ1) is 14.8. The topological polar surface area (TPSA) is 55.8 Å². The molecule has 0 atom stereocenters. The van der Waals surface area contributed by atoms with E-state index in [1.165, 1.54) is 6.08 Å². The fraction of sp³-hybridized carbons (Fsp3) is 0.111. The lowest BCUT2D eigenvalue weighted by Crippen LogP contribution is -2.29. The lowest BCUT2D eigenvalue weighted by Gasteiger charge is -2.09. The van der Waals surface area contributed by atoms with Crippen molar-refractivity contribution < 1.29 is 19.1 Å². The summed E-state index contributed by atoms with van der Waals surface area (Å²) in [5.74, 6) is 0.941. The quantitative estimate of drug-likeness (QED) is 0.812. The second-order valence-corrected chi connectivity index (χ2v) is 4.89. The molecule has 1 aliphatic heterocycles. The Morgan fingerprint density at radius 3 is 2.57 bits per heavy atom. The summed E-state index contributed by atoms with van der Waals surface area (Å²) >= 11 is 0. The van der Waals surface area contributed by atoms with Gasteiger partial charge in [-0.1, -0.05) is 36.4 Å². The molecule has 2 aromatic carbocycles. The maximum Gasteiger partial charge on any atom is 0.416 e. The van der Waals surface area contributed by atoms with Gasteiger partial charge in [-0.2, -0.15) is 0 Å². The Labute approximate surface area is 133 Å². The van der Waals surface area contributed by atoms with E-state index in [-0.39, 0.29) is 13.2 Å². The molecule has 0 radical (unpaired) electrons. The number of rotatable bonds is 4. The number of carbonyl (C=O) groups excluding carboxylic acids is 2. The monoisotopic (exact) mass is 309 g/mol. The normalized spacial score (nSPS) is 14.1. The van der Waals surface area contributed by atoms with Crippen LogP contribution in [-0.2, 0) is 9.53 Å². The minimum absolute atomic E-state index is 0.242. The van der Waals surface area contributed by atoms with Crippen molar-refractivity contribution in [2.45, 2.75) is 0 Å². The van der Waals surface area contributed by atoms with E-state index in [1.807, 2.05) is 54.6 Å². The van der Waals surface area contributed by atoms with Gasteiger partial charge in [0.15, 0.2) is 0 Å².